The van der Waals surface area contributed by atoms with Gasteiger partial charge in [0.05, 0.1) is 11.0 Å². The van der Waals surface area contributed by atoms with Gasteiger partial charge in [0, 0.05) is 7.05 Å². The summed E-state index contributed by atoms with van der Waals surface area (Å²) in [6.45, 7) is 1.89. The Bertz CT molecular complexity index is 563. The summed E-state index contributed by atoms with van der Waals surface area (Å²) < 4.78 is 0. The first-order chi connectivity index (χ1) is 6.74. The highest BCUT2D eigenvalue weighted by molar-refractivity contribution is 5.99. The summed E-state index contributed by atoms with van der Waals surface area (Å²) >= 11 is 0. The van der Waals surface area contributed by atoms with Crippen molar-refractivity contribution in [2.45, 2.75) is 6.92 Å². The van der Waals surface area contributed by atoms with Crippen LogP contribution in [-0.2, 0) is 7.05 Å². The molecule has 0 radical (unpaired) electrons. The van der Waals surface area contributed by atoms with E-state index in [2.05, 4.69) is 20.2 Å². The van der Waals surface area contributed by atoms with E-state index < -0.39 is 0 Å². The van der Waals surface area contributed by atoms with Crippen molar-refractivity contribution < 1.29 is 0 Å². The fraction of sp³-hybridized carbons (Fsp3) is 0.222. The topological polar surface area (TPSA) is 59.4 Å². The lowest BCUT2D eigenvalue weighted by atomic mass is 10.3. The van der Waals surface area contributed by atoms with Gasteiger partial charge in [-0.25, -0.2) is 14.8 Å². The minimum absolute atomic E-state index is 0.790. The molecule has 0 aliphatic rings. The van der Waals surface area contributed by atoms with Gasteiger partial charge >= 0.3 is 0 Å². The summed E-state index contributed by atoms with van der Waals surface area (Å²) in [6, 6.07) is 3.93. The summed E-state index contributed by atoms with van der Waals surface area (Å²) in [4.78, 5) is 10.3. The Kier molecular flexibility index (Phi) is 1.24. The molecule has 0 atom stereocenters. The number of benzene rings is 1. The molecule has 70 valence electrons. The maximum absolute atomic E-state index is 4.35. The van der Waals surface area contributed by atoms with Crippen LogP contribution in [0.5, 0.6) is 0 Å². The Labute approximate surface area is 79.7 Å². The monoisotopic (exact) mass is 187 g/mol. The van der Waals surface area contributed by atoms with Crippen molar-refractivity contribution in [2.24, 2.45) is 7.05 Å². The zero-order valence-corrected chi connectivity index (χ0v) is 7.94. The molecule has 14 heavy (non-hydrogen) atoms. The quantitative estimate of drug-likeness (QED) is 0.574. The Morgan fingerprint density at radius 2 is 2.07 bits per heavy atom. The van der Waals surface area contributed by atoms with Gasteiger partial charge in [-0.15, -0.1) is 0 Å². The first kappa shape index (κ1) is 7.49. The van der Waals surface area contributed by atoms with Crippen LogP contribution in [0.2, 0.25) is 0 Å². The standard InChI is InChI=1S/C9H9N5/c1-5-10-6-3-4-7-9(8(6)11-5)13-14(2)12-7/h3-4,12H,1-2H3. The smallest absolute Gasteiger partial charge is 0.138 e. The van der Waals surface area contributed by atoms with Crippen LogP contribution in [0.25, 0.3) is 22.1 Å². The molecular formula is C9H9N5. The van der Waals surface area contributed by atoms with Crippen molar-refractivity contribution in [3.63, 3.8) is 0 Å². The fourth-order valence-electron chi connectivity index (χ4n) is 1.67. The molecule has 0 saturated heterocycles. The second-order valence-electron chi connectivity index (χ2n) is 3.34. The van der Waals surface area contributed by atoms with Crippen LogP contribution in [0.3, 0.4) is 0 Å². The molecule has 0 amide bonds. The van der Waals surface area contributed by atoms with Crippen molar-refractivity contribution in [3.05, 3.63) is 18.0 Å². The molecule has 0 fully saturated rings. The molecule has 0 spiro atoms. The van der Waals surface area contributed by atoms with Gasteiger partial charge in [-0.2, -0.15) is 5.10 Å². The lowest BCUT2D eigenvalue weighted by Gasteiger charge is -1.86. The number of aromatic amines is 1. The van der Waals surface area contributed by atoms with E-state index in [9.17, 15) is 0 Å². The van der Waals surface area contributed by atoms with E-state index in [0.29, 0.717) is 0 Å². The van der Waals surface area contributed by atoms with Crippen LogP contribution in [0.15, 0.2) is 12.1 Å². The van der Waals surface area contributed by atoms with Gasteiger partial charge in [0.25, 0.3) is 0 Å². The van der Waals surface area contributed by atoms with Crippen LogP contribution in [-0.4, -0.2) is 25.0 Å². The minimum Gasteiger partial charge on any atom is -0.281 e. The van der Waals surface area contributed by atoms with Gasteiger partial charge < -0.3 is 0 Å². The van der Waals surface area contributed by atoms with Crippen LogP contribution in [0, 0.1) is 6.92 Å². The third kappa shape index (κ3) is 0.863. The van der Waals surface area contributed by atoms with E-state index in [4.69, 9.17) is 0 Å². The summed E-state index contributed by atoms with van der Waals surface area (Å²) in [5.74, 6) is 0.790. The molecule has 3 aromatic rings. The molecule has 3 rings (SSSR count). The zero-order valence-electron chi connectivity index (χ0n) is 7.94. The van der Waals surface area contributed by atoms with E-state index >= 15 is 0 Å². The molecule has 0 saturated carbocycles. The lowest BCUT2D eigenvalue weighted by Crippen LogP contribution is -1.90. The van der Waals surface area contributed by atoms with Crippen LogP contribution < -0.4 is 0 Å². The van der Waals surface area contributed by atoms with E-state index in [1.54, 1.807) is 4.80 Å². The van der Waals surface area contributed by atoms with Crippen LogP contribution >= 0.6 is 0 Å². The molecule has 1 N–H and O–H groups in total. The van der Waals surface area contributed by atoms with Crippen molar-refractivity contribution in [2.75, 3.05) is 0 Å². The molecule has 2 heterocycles. The number of nitrogens with one attached hydrogen (secondary N) is 1. The number of hydrogen-bond acceptors (Lipinski definition) is 3. The third-order valence-corrected chi connectivity index (χ3v) is 2.22. The fourth-order valence-corrected chi connectivity index (χ4v) is 1.67. The van der Waals surface area contributed by atoms with E-state index in [1.807, 2.05) is 26.1 Å². The van der Waals surface area contributed by atoms with Crippen molar-refractivity contribution in [1.82, 2.24) is 25.0 Å². The second-order valence-corrected chi connectivity index (χ2v) is 3.34. The number of hydrogen-bond donors (Lipinski definition) is 1. The second kappa shape index (κ2) is 2.31. The van der Waals surface area contributed by atoms with Gasteiger partial charge in [0.2, 0.25) is 0 Å². The Morgan fingerprint density at radius 3 is 2.93 bits per heavy atom. The predicted molar refractivity (Wildman–Crippen MR) is 52.9 cm³/mol. The van der Waals surface area contributed by atoms with Crippen LogP contribution in [0.1, 0.15) is 5.82 Å². The first-order valence-electron chi connectivity index (χ1n) is 4.40. The Balaban J connectivity index is 2.58. The highest BCUT2D eigenvalue weighted by atomic mass is 15.4. The maximum Gasteiger partial charge on any atom is 0.138 e. The Morgan fingerprint density at radius 1 is 1.21 bits per heavy atom. The van der Waals surface area contributed by atoms with Gasteiger partial charge in [0.1, 0.15) is 16.9 Å². The highest BCUT2D eigenvalue weighted by Crippen LogP contribution is 2.19. The molecule has 0 aliphatic heterocycles. The number of imidazole rings is 1. The molecule has 5 nitrogen and oxygen atoms in total. The zero-order chi connectivity index (χ0) is 9.71. The number of aryl methyl sites for hydroxylation is 2. The van der Waals surface area contributed by atoms with E-state index in [1.165, 1.54) is 0 Å². The number of fused-ring (bicyclic) bond motifs is 3. The van der Waals surface area contributed by atoms with Gasteiger partial charge in [-0.1, -0.05) is 0 Å². The van der Waals surface area contributed by atoms with Crippen molar-refractivity contribution >= 4 is 22.1 Å². The van der Waals surface area contributed by atoms with Crippen LogP contribution in [0.4, 0.5) is 0 Å². The number of rotatable bonds is 0. The number of nitrogens with zero attached hydrogens (tertiary/aromatic N) is 4. The van der Waals surface area contributed by atoms with Gasteiger partial charge in [-0.05, 0) is 19.1 Å². The molecular weight excluding hydrogens is 178 g/mol. The van der Waals surface area contributed by atoms with Gasteiger partial charge in [-0.3, -0.25) is 5.10 Å². The normalized spacial score (nSPS) is 11.6. The summed E-state index contributed by atoms with van der Waals surface area (Å²) in [6.07, 6.45) is 0. The molecule has 0 unspecified atom stereocenters. The minimum atomic E-state index is 0.790. The molecule has 2 aromatic heterocycles. The largest absolute Gasteiger partial charge is 0.281 e. The molecule has 0 bridgehead atoms. The molecule has 1 aromatic carbocycles. The lowest BCUT2D eigenvalue weighted by molar-refractivity contribution is 0.665. The average Bonchev–Trinajstić information content (AvgIpc) is 2.65. The summed E-state index contributed by atoms with van der Waals surface area (Å²) in [7, 11) is 1.86. The number of aromatic nitrogens is 5. The molecule has 0 aliphatic carbocycles. The average molecular weight is 187 g/mol. The summed E-state index contributed by atoms with van der Waals surface area (Å²) in [5, 5.41) is 7.41. The number of H-pyrrole nitrogens is 1. The van der Waals surface area contributed by atoms with Crippen molar-refractivity contribution in [1.29, 1.82) is 0 Å². The summed E-state index contributed by atoms with van der Waals surface area (Å²) in [5.41, 5.74) is 3.64. The predicted octanol–water partition coefficient (Wildman–Crippen LogP) is 1.15. The van der Waals surface area contributed by atoms with E-state index in [-0.39, 0.29) is 0 Å². The third-order valence-electron chi connectivity index (χ3n) is 2.22. The van der Waals surface area contributed by atoms with Crippen molar-refractivity contribution in [3.8, 4) is 0 Å². The molecule has 5 heteroatoms. The Hall–Kier alpha value is -1.91. The SMILES string of the molecule is Cc1nc2ccc3[nH]n(C)nc3c2n1. The maximum atomic E-state index is 4.35. The first-order valence-corrected chi connectivity index (χ1v) is 4.40. The van der Waals surface area contributed by atoms with E-state index in [0.717, 1.165) is 27.9 Å². The highest BCUT2D eigenvalue weighted by Gasteiger charge is 2.08. The van der Waals surface area contributed by atoms with Gasteiger partial charge in [0.15, 0.2) is 0 Å².